The second-order valence-corrected chi connectivity index (χ2v) is 4.66. The Balaban J connectivity index is 3.50. The molecule has 0 aromatic heterocycles. The van der Waals surface area contributed by atoms with Crippen molar-refractivity contribution in [1.82, 2.24) is 0 Å². The molecule has 0 radical (unpaired) electrons. The first-order chi connectivity index (χ1) is 10.6. The van der Waals surface area contributed by atoms with Crippen molar-refractivity contribution in [1.29, 1.82) is 5.26 Å². The first kappa shape index (κ1) is 17.4. The van der Waals surface area contributed by atoms with Crippen molar-refractivity contribution >= 4 is 11.9 Å². The van der Waals surface area contributed by atoms with Crippen LogP contribution in [-0.2, 0) is 19.1 Å². The van der Waals surface area contributed by atoms with Gasteiger partial charge in [0.15, 0.2) is 5.41 Å². The highest BCUT2D eigenvalue weighted by Gasteiger charge is 2.51. The molecule has 22 heavy (non-hydrogen) atoms. The summed E-state index contributed by atoms with van der Waals surface area (Å²) in [5.41, 5.74) is -1.18. The van der Waals surface area contributed by atoms with E-state index in [1.165, 1.54) is 13.2 Å². The van der Waals surface area contributed by atoms with Crippen molar-refractivity contribution in [3.8, 4) is 6.07 Å². The smallest absolute Gasteiger partial charge is 0.328 e. The Hall–Kier alpha value is -2.61. The lowest BCUT2D eigenvalue weighted by atomic mass is 9.70. The molecule has 2 unspecified atom stereocenters. The summed E-state index contributed by atoms with van der Waals surface area (Å²) in [5.74, 6) is -2.50. The molecule has 2 atom stereocenters. The lowest BCUT2D eigenvalue weighted by molar-refractivity contribution is -0.160. The lowest BCUT2D eigenvalue weighted by Gasteiger charge is -2.30. The summed E-state index contributed by atoms with van der Waals surface area (Å²) >= 11 is 0. The molecule has 0 heterocycles. The van der Waals surface area contributed by atoms with E-state index in [9.17, 15) is 14.9 Å². The average molecular weight is 301 g/mol. The number of allylic oxidation sites excluding steroid dienone is 1. The number of rotatable bonds is 7. The molecule has 0 bridgehead atoms. The summed E-state index contributed by atoms with van der Waals surface area (Å²) in [6.07, 6.45) is 1.41. The van der Waals surface area contributed by atoms with E-state index in [0.29, 0.717) is 5.56 Å². The fourth-order valence-corrected chi connectivity index (χ4v) is 2.35. The summed E-state index contributed by atoms with van der Waals surface area (Å²) in [4.78, 5) is 24.7. The van der Waals surface area contributed by atoms with Gasteiger partial charge < -0.3 is 9.47 Å². The van der Waals surface area contributed by atoms with Gasteiger partial charge in [-0.1, -0.05) is 36.4 Å². The molecular formula is C17H19NO4. The molecule has 5 heteroatoms. The Labute approximate surface area is 130 Å². The van der Waals surface area contributed by atoms with Gasteiger partial charge in [-0.2, -0.15) is 5.26 Å². The minimum atomic E-state index is -1.70. The number of nitrogens with zero attached hydrogens (tertiary/aromatic N) is 1. The van der Waals surface area contributed by atoms with Crippen molar-refractivity contribution < 1.29 is 19.1 Å². The molecule has 0 spiro atoms. The Morgan fingerprint density at radius 2 is 2.05 bits per heavy atom. The summed E-state index contributed by atoms with van der Waals surface area (Å²) in [5, 5.41) is 9.67. The molecule has 0 N–H and O–H groups in total. The normalized spacial score (nSPS) is 14.0. The predicted octanol–water partition coefficient (Wildman–Crippen LogP) is 2.59. The summed E-state index contributed by atoms with van der Waals surface area (Å²) < 4.78 is 9.85. The van der Waals surface area contributed by atoms with E-state index in [0.717, 1.165) is 0 Å². The molecule has 0 amide bonds. The highest BCUT2D eigenvalue weighted by Crippen LogP contribution is 2.41. The standard InChI is InChI=1S/C17H19NO4/c1-4-11-17(12-18,16(20)22-5-2)14(15(19)21-3)13-9-7-6-8-10-13/h4,6-10,14H,1,5,11H2,2-3H3. The maximum atomic E-state index is 12.4. The van der Waals surface area contributed by atoms with E-state index >= 15 is 0 Å². The van der Waals surface area contributed by atoms with Gasteiger partial charge >= 0.3 is 11.9 Å². The zero-order valence-electron chi connectivity index (χ0n) is 12.7. The summed E-state index contributed by atoms with van der Waals surface area (Å²) in [6.45, 7) is 5.34. The molecule has 5 nitrogen and oxygen atoms in total. The van der Waals surface area contributed by atoms with Crippen LogP contribution < -0.4 is 0 Å². The zero-order valence-corrected chi connectivity index (χ0v) is 12.7. The van der Waals surface area contributed by atoms with Crippen molar-refractivity contribution in [2.24, 2.45) is 5.41 Å². The number of carbonyl (C=O) groups excluding carboxylic acids is 2. The molecule has 1 rings (SSSR count). The SMILES string of the molecule is C=CCC(C#N)(C(=O)OCC)C(C(=O)OC)c1ccccc1. The Morgan fingerprint density at radius 3 is 2.50 bits per heavy atom. The number of hydrogen-bond donors (Lipinski definition) is 0. The van der Waals surface area contributed by atoms with Crippen LogP contribution >= 0.6 is 0 Å². The van der Waals surface area contributed by atoms with Gasteiger partial charge in [-0.3, -0.25) is 9.59 Å². The Bertz CT molecular complexity index is 576. The summed E-state index contributed by atoms with van der Waals surface area (Å²) in [7, 11) is 1.22. The highest BCUT2D eigenvalue weighted by atomic mass is 16.5. The van der Waals surface area contributed by atoms with E-state index in [2.05, 4.69) is 6.58 Å². The molecule has 0 aliphatic rings. The number of hydrogen-bond acceptors (Lipinski definition) is 5. The largest absolute Gasteiger partial charge is 0.468 e. The zero-order chi connectivity index (χ0) is 16.6. The third-order valence-electron chi connectivity index (χ3n) is 3.37. The van der Waals surface area contributed by atoms with Gasteiger partial charge in [0.05, 0.1) is 19.8 Å². The molecule has 116 valence electrons. The van der Waals surface area contributed by atoms with E-state index in [1.54, 1.807) is 37.3 Å². The third-order valence-corrected chi connectivity index (χ3v) is 3.37. The highest BCUT2D eigenvalue weighted by molar-refractivity contribution is 5.91. The minimum absolute atomic E-state index is 0.0169. The monoisotopic (exact) mass is 301 g/mol. The van der Waals surface area contributed by atoms with Crippen LogP contribution in [0.25, 0.3) is 0 Å². The first-order valence-corrected chi connectivity index (χ1v) is 6.89. The van der Waals surface area contributed by atoms with Crippen LogP contribution in [0.15, 0.2) is 43.0 Å². The van der Waals surface area contributed by atoms with E-state index in [-0.39, 0.29) is 13.0 Å². The van der Waals surface area contributed by atoms with Crippen LogP contribution in [0.1, 0.15) is 24.8 Å². The predicted molar refractivity (Wildman–Crippen MR) is 80.7 cm³/mol. The number of methoxy groups -OCH3 is 1. The van der Waals surface area contributed by atoms with Crippen LogP contribution in [0.3, 0.4) is 0 Å². The summed E-state index contributed by atoms with van der Waals surface area (Å²) in [6, 6.07) is 10.6. The van der Waals surface area contributed by atoms with Crippen LogP contribution in [0.2, 0.25) is 0 Å². The number of ether oxygens (including phenoxy) is 2. The second kappa shape index (κ2) is 7.99. The van der Waals surface area contributed by atoms with Crippen LogP contribution in [0.5, 0.6) is 0 Å². The lowest BCUT2D eigenvalue weighted by Crippen LogP contribution is -2.41. The van der Waals surface area contributed by atoms with E-state index in [1.807, 2.05) is 6.07 Å². The maximum Gasteiger partial charge on any atom is 0.328 e. The fourth-order valence-electron chi connectivity index (χ4n) is 2.35. The second-order valence-electron chi connectivity index (χ2n) is 4.66. The van der Waals surface area contributed by atoms with Gasteiger partial charge in [0.1, 0.15) is 5.92 Å². The molecule has 1 aromatic carbocycles. The first-order valence-electron chi connectivity index (χ1n) is 6.89. The van der Waals surface area contributed by atoms with Crippen molar-refractivity contribution in [2.45, 2.75) is 19.3 Å². The third kappa shape index (κ3) is 3.34. The Morgan fingerprint density at radius 1 is 1.41 bits per heavy atom. The van der Waals surface area contributed by atoms with Gasteiger partial charge in [-0.25, -0.2) is 0 Å². The number of nitriles is 1. The van der Waals surface area contributed by atoms with E-state index in [4.69, 9.17) is 9.47 Å². The molecule has 0 saturated carbocycles. The fraction of sp³-hybridized carbons (Fsp3) is 0.353. The number of carbonyl (C=O) groups is 2. The molecule has 0 fully saturated rings. The Kier molecular flexibility index (Phi) is 6.33. The van der Waals surface area contributed by atoms with E-state index < -0.39 is 23.3 Å². The van der Waals surface area contributed by atoms with Gasteiger partial charge in [0.25, 0.3) is 0 Å². The average Bonchev–Trinajstić information content (AvgIpc) is 2.55. The van der Waals surface area contributed by atoms with Gasteiger partial charge in [0.2, 0.25) is 0 Å². The van der Waals surface area contributed by atoms with Crippen LogP contribution in [0.4, 0.5) is 0 Å². The van der Waals surface area contributed by atoms with Gasteiger partial charge in [0, 0.05) is 0 Å². The minimum Gasteiger partial charge on any atom is -0.468 e. The molecule has 0 saturated heterocycles. The molecule has 0 aliphatic carbocycles. The molecule has 1 aromatic rings. The quantitative estimate of drug-likeness (QED) is 0.571. The van der Waals surface area contributed by atoms with Crippen molar-refractivity contribution in [3.63, 3.8) is 0 Å². The number of esters is 2. The van der Waals surface area contributed by atoms with Crippen LogP contribution in [0, 0.1) is 16.7 Å². The maximum absolute atomic E-state index is 12.4. The van der Waals surface area contributed by atoms with Crippen LogP contribution in [-0.4, -0.2) is 25.7 Å². The topological polar surface area (TPSA) is 76.4 Å². The molecular weight excluding hydrogens is 282 g/mol. The van der Waals surface area contributed by atoms with Crippen molar-refractivity contribution in [2.75, 3.05) is 13.7 Å². The van der Waals surface area contributed by atoms with Gasteiger partial charge in [-0.05, 0) is 18.9 Å². The van der Waals surface area contributed by atoms with Gasteiger partial charge in [-0.15, -0.1) is 6.58 Å². The number of benzene rings is 1. The van der Waals surface area contributed by atoms with Crippen molar-refractivity contribution in [3.05, 3.63) is 48.6 Å². The molecule has 0 aliphatic heterocycles.